The van der Waals surface area contributed by atoms with Crippen molar-refractivity contribution in [2.45, 2.75) is 39.2 Å². The van der Waals surface area contributed by atoms with Gasteiger partial charge in [-0.1, -0.05) is 19.1 Å². The van der Waals surface area contributed by atoms with E-state index in [4.69, 9.17) is 5.11 Å². The van der Waals surface area contributed by atoms with Crippen LogP contribution in [0, 0.1) is 5.92 Å². The second-order valence-corrected chi connectivity index (χ2v) is 4.26. The predicted molar refractivity (Wildman–Crippen MR) is 61.0 cm³/mol. The van der Waals surface area contributed by atoms with Crippen molar-refractivity contribution in [1.82, 2.24) is 4.90 Å². The fourth-order valence-electron chi connectivity index (χ4n) is 1.87. The van der Waals surface area contributed by atoms with E-state index < -0.39 is 5.97 Å². The lowest BCUT2D eigenvalue weighted by molar-refractivity contribution is -0.148. The van der Waals surface area contributed by atoms with Crippen LogP contribution < -0.4 is 0 Å². The second kappa shape index (κ2) is 5.68. The molecule has 0 radical (unpaired) electrons. The van der Waals surface area contributed by atoms with E-state index in [1.807, 2.05) is 26.0 Å². The lowest BCUT2D eigenvalue weighted by atomic mass is 10.0. The molecule has 0 aromatic rings. The molecule has 0 fully saturated rings. The molecule has 1 aliphatic rings. The fourth-order valence-corrected chi connectivity index (χ4v) is 1.87. The van der Waals surface area contributed by atoms with Crippen LogP contribution in [0.1, 0.15) is 33.1 Å². The fraction of sp³-hybridized carbons (Fsp3) is 0.667. The van der Waals surface area contributed by atoms with Crippen LogP contribution in [0.4, 0.5) is 0 Å². The average molecular weight is 225 g/mol. The number of aliphatic carboxylic acids is 1. The number of hydrogen-bond acceptors (Lipinski definition) is 2. The van der Waals surface area contributed by atoms with E-state index in [1.165, 1.54) is 4.90 Å². The largest absolute Gasteiger partial charge is 0.480 e. The van der Waals surface area contributed by atoms with E-state index >= 15 is 0 Å². The van der Waals surface area contributed by atoms with Crippen molar-refractivity contribution in [2.75, 3.05) is 6.54 Å². The van der Waals surface area contributed by atoms with E-state index in [9.17, 15) is 9.59 Å². The van der Waals surface area contributed by atoms with Crippen LogP contribution in [0.15, 0.2) is 12.2 Å². The highest BCUT2D eigenvalue weighted by Crippen LogP contribution is 2.21. The van der Waals surface area contributed by atoms with Crippen LogP contribution in [0.3, 0.4) is 0 Å². The van der Waals surface area contributed by atoms with Crippen molar-refractivity contribution < 1.29 is 14.7 Å². The van der Waals surface area contributed by atoms with E-state index in [0.29, 0.717) is 0 Å². The monoisotopic (exact) mass is 225 g/mol. The molecule has 0 heterocycles. The van der Waals surface area contributed by atoms with Gasteiger partial charge >= 0.3 is 5.97 Å². The van der Waals surface area contributed by atoms with Gasteiger partial charge in [0, 0.05) is 12.0 Å². The van der Waals surface area contributed by atoms with Crippen molar-refractivity contribution in [3.63, 3.8) is 0 Å². The lowest BCUT2D eigenvalue weighted by Crippen LogP contribution is -2.44. The molecule has 1 N–H and O–H groups in total. The first kappa shape index (κ1) is 12.7. The highest BCUT2D eigenvalue weighted by Gasteiger charge is 2.28. The number of carbonyl (C=O) groups excluding carboxylic acids is 1. The van der Waals surface area contributed by atoms with Gasteiger partial charge in [0.25, 0.3) is 0 Å². The number of rotatable bonds is 5. The molecule has 1 unspecified atom stereocenters. The molecule has 0 aromatic carbocycles. The van der Waals surface area contributed by atoms with Crippen molar-refractivity contribution in [3.8, 4) is 0 Å². The van der Waals surface area contributed by atoms with Gasteiger partial charge in [-0.15, -0.1) is 0 Å². The minimum absolute atomic E-state index is 0.0100. The first-order valence-corrected chi connectivity index (χ1v) is 5.73. The topological polar surface area (TPSA) is 57.6 Å². The molecule has 4 nitrogen and oxygen atoms in total. The Balaban J connectivity index is 2.67. The van der Waals surface area contributed by atoms with E-state index in [0.717, 1.165) is 19.3 Å². The van der Waals surface area contributed by atoms with Crippen LogP contribution in [0.5, 0.6) is 0 Å². The molecule has 0 aliphatic heterocycles. The standard InChI is InChI=1S/C12H19NO3/c1-3-9(2)13(8-11(14)15)12(16)10-6-4-5-7-10/h4-5,9-10H,3,6-8H2,1-2H3,(H,14,15). The van der Waals surface area contributed by atoms with Gasteiger partial charge in [0.05, 0.1) is 0 Å². The van der Waals surface area contributed by atoms with Crippen molar-refractivity contribution >= 4 is 11.9 Å². The summed E-state index contributed by atoms with van der Waals surface area (Å²) in [7, 11) is 0. The minimum Gasteiger partial charge on any atom is -0.480 e. The molecule has 1 atom stereocenters. The number of amides is 1. The molecule has 0 saturated heterocycles. The Bertz CT molecular complexity index is 291. The van der Waals surface area contributed by atoms with Crippen molar-refractivity contribution in [2.24, 2.45) is 5.92 Å². The van der Waals surface area contributed by atoms with Crippen LogP contribution in [0.25, 0.3) is 0 Å². The summed E-state index contributed by atoms with van der Waals surface area (Å²) in [5.74, 6) is -1.02. The Morgan fingerprint density at radius 1 is 1.44 bits per heavy atom. The lowest BCUT2D eigenvalue weighted by Gasteiger charge is -2.29. The third-order valence-electron chi connectivity index (χ3n) is 3.07. The Labute approximate surface area is 95.9 Å². The number of carboxylic acids is 1. The average Bonchev–Trinajstić information content (AvgIpc) is 2.77. The van der Waals surface area contributed by atoms with E-state index in [2.05, 4.69) is 0 Å². The zero-order valence-corrected chi connectivity index (χ0v) is 9.85. The van der Waals surface area contributed by atoms with Crippen LogP contribution in [-0.4, -0.2) is 34.5 Å². The van der Waals surface area contributed by atoms with Gasteiger partial charge in [0.2, 0.25) is 5.91 Å². The third-order valence-corrected chi connectivity index (χ3v) is 3.07. The van der Waals surface area contributed by atoms with Gasteiger partial charge < -0.3 is 10.0 Å². The van der Waals surface area contributed by atoms with Crippen LogP contribution >= 0.6 is 0 Å². The summed E-state index contributed by atoms with van der Waals surface area (Å²) in [5, 5.41) is 8.81. The highest BCUT2D eigenvalue weighted by atomic mass is 16.4. The molecule has 0 spiro atoms. The van der Waals surface area contributed by atoms with E-state index in [-0.39, 0.29) is 24.4 Å². The predicted octanol–water partition coefficient (Wildman–Crippen LogP) is 1.66. The second-order valence-electron chi connectivity index (χ2n) is 4.26. The molecule has 1 aliphatic carbocycles. The molecule has 1 rings (SSSR count). The normalized spacial score (nSPS) is 17.4. The summed E-state index contributed by atoms with van der Waals surface area (Å²) in [5.41, 5.74) is 0. The molecular formula is C12H19NO3. The summed E-state index contributed by atoms with van der Waals surface area (Å²) < 4.78 is 0. The van der Waals surface area contributed by atoms with Gasteiger partial charge in [0.15, 0.2) is 0 Å². The van der Waals surface area contributed by atoms with Crippen molar-refractivity contribution in [3.05, 3.63) is 12.2 Å². The SMILES string of the molecule is CCC(C)N(CC(=O)O)C(=O)C1CC=CC1. The van der Waals surface area contributed by atoms with Crippen molar-refractivity contribution in [1.29, 1.82) is 0 Å². The maximum absolute atomic E-state index is 12.1. The number of carbonyl (C=O) groups is 2. The molecule has 90 valence electrons. The Morgan fingerprint density at radius 3 is 2.44 bits per heavy atom. The quantitative estimate of drug-likeness (QED) is 0.724. The van der Waals surface area contributed by atoms with Crippen LogP contribution in [-0.2, 0) is 9.59 Å². The molecule has 1 amide bonds. The summed E-state index contributed by atoms with van der Waals surface area (Å²) in [4.78, 5) is 24.3. The molecule has 16 heavy (non-hydrogen) atoms. The smallest absolute Gasteiger partial charge is 0.323 e. The molecule has 0 aromatic heterocycles. The molecular weight excluding hydrogens is 206 g/mol. The number of hydrogen-bond donors (Lipinski definition) is 1. The Hall–Kier alpha value is -1.32. The zero-order chi connectivity index (χ0) is 12.1. The molecule has 4 heteroatoms. The summed E-state index contributed by atoms with van der Waals surface area (Å²) in [6.45, 7) is 3.66. The minimum atomic E-state index is -0.945. The first-order valence-electron chi connectivity index (χ1n) is 5.73. The molecule has 0 saturated carbocycles. The first-order chi connectivity index (χ1) is 7.56. The Morgan fingerprint density at radius 2 is 2.00 bits per heavy atom. The maximum Gasteiger partial charge on any atom is 0.323 e. The molecule has 0 bridgehead atoms. The summed E-state index contributed by atoms with van der Waals surface area (Å²) in [6.07, 6.45) is 6.23. The van der Waals surface area contributed by atoms with Crippen LogP contribution in [0.2, 0.25) is 0 Å². The number of nitrogens with zero attached hydrogens (tertiary/aromatic N) is 1. The van der Waals surface area contributed by atoms with Gasteiger partial charge in [-0.3, -0.25) is 9.59 Å². The van der Waals surface area contributed by atoms with Gasteiger partial charge in [-0.05, 0) is 26.2 Å². The zero-order valence-electron chi connectivity index (χ0n) is 9.85. The highest BCUT2D eigenvalue weighted by molar-refractivity contribution is 5.84. The number of carboxylic acid groups (broad SMARTS) is 1. The summed E-state index contributed by atoms with van der Waals surface area (Å²) in [6, 6.07) is -0.0100. The third kappa shape index (κ3) is 3.08. The van der Waals surface area contributed by atoms with E-state index in [1.54, 1.807) is 0 Å². The Kier molecular flexibility index (Phi) is 4.52. The van der Waals surface area contributed by atoms with Gasteiger partial charge in [0.1, 0.15) is 6.54 Å². The summed E-state index contributed by atoms with van der Waals surface area (Å²) >= 11 is 0. The van der Waals surface area contributed by atoms with Gasteiger partial charge in [-0.25, -0.2) is 0 Å². The van der Waals surface area contributed by atoms with Gasteiger partial charge in [-0.2, -0.15) is 0 Å². The maximum atomic E-state index is 12.1. The number of allylic oxidation sites excluding steroid dienone is 2.